The van der Waals surface area contributed by atoms with Gasteiger partial charge in [-0.3, -0.25) is 4.79 Å². The van der Waals surface area contributed by atoms with Crippen molar-refractivity contribution in [1.82, 2.24) is 0 Å². The zero-order valence-corrected chi connectivity index (χ0v) is 12.0. The monoisotopic (exact) mass is 264 g/mol. The lowest BCUT2D eigenvalue weighted by Gasteiger charge is -2.19. The van der Waals surface area contributed by atoms with Gasteiger partial charge in [0, 0.05) is 4.90 Å². The summed E-state index contributed by atoms with van der Waals surface area (Å²) in [6, 6.07) is 4.40. The fourth-order valence-corrected chi connectivity index (χ4v) is 3.24. The van der Waals surface area contributed by atoms with Crippen LogP contribution in [0, 0.1) is 19.8 Å². The maximum absolute atomic E-state index is 11.1. The number of aryl methyl sites for hydroxylation is 2. The van der Waals surface area contributed by atoms with Crippen molar-refractivity contribution < 1.29 is 9.90 Å². The van der Waals surface area contributed by atoms with Crippen molar-refractivity contribution in [2.75, 3.05) is 6.26 Å². The maximum Gasteiger partial charge on any atom is 0.303 e. The van der Waals surface area contributed by atoms with E-state index in [-0.39, 0.29) is 12.3 Å². The smallest absolute Gasteiger partial charge is 0.303 e. The molecule has 0 amide bonds. The number of carboxylic acid groups (broad SMARTS) is 1. The maximum atomic E-state index is 11.1. The number of aliphatic carboxylic acids is 1. The second-order valence-corrected chi connectivity index (χ2v) is 6.07. The molecule has 1 atom stereocenters. The minimum atomic E-state index is -0.683. The molecule has 0 radical (unpaired) electrons. The van der Waals surface area contributed by atoms with Crippen molar-refractivity contribution in [3.05, 3.63) is 28.8 Å². The number of carboxylic acids is 1. The lowest BCUT2D eigenvalue weighted by molar-refractivity contribution is -0.137. The van der Waals surface area contributed by atoms with Crippen LogP contribution in [0.4, 0.5) is 0 Å². The van der Waals surface area contributed by atoms with Crippen LogP contribution < -0.4 is 0 Å². The Kier molecular flexibility index (Phi) is 4.00. The Labute approximate surface area is 113 Å². The molecule has 0 saturated heterocycles. The van der Waals surface area contributed by atoms with Gasteiger partial charge in [0.2, 0.25) is 0 Å². The standard InChI is InChI=1S/C15H20O2S/c1-9-6-13(14(18-3)7-10(9)2)12(8-15(16)17)11-4-5-11/h6-7,11-12H,4-5,8H2,1-3H3,(H,16,17). The molecular weight excluding hydrogens is 244 g/mol. The summed E-state index contributed by atoms with van der Waals surface area (Å²) in [5.74, 6) is 0.0931. The van der Waals surface area contributed by atoms with Crippen LogP contribution in [0.25, 0.3) is 0 Å². The summed E-state index contributed by atoms with van der Waals surface area (Å²) in [5, 5.41) is 9.10. The molecule has 1 aliphatic carbocycles. The highest BCUT2D eigenvalue weighted by molar-refractivity contribution is 7.98. The van der Waals surface area contributed by atoms with Crippen LogP contribution >= 0.6 is 11.8 Å². The summed E-state index contributed by atoms with van der Waals surface area (Å²) in [5.41, 5.74) is 3.79. The molecule has 1 aliphatic rings. The zero-order valence-electron chi connectivity index (χ0n) is 11.2. The minimum Gasteiger partial charge on any atom is -0.481 e. The van der Waals surface area contributed by atoms with Crippen LogP contribution in [-0.2, 0) is 4.79 Å². The molecule has 0 aliphatic heterocycles. The number of rotatable bonds is 5. The second-order valence-electron chi connectivity index (χ2n) is 5.22. The molecular formula is C15H20O2S. The summed E-state index contributed by atoms with van der Waals surface area (Å²) in [6.07, 6.45) is 4.69. The van der Waals surface area contributed by atoms with Crippen LogP contribution in [-0.4, -0.2) is 17.3 Å². The first-order valence-electron chi connectivity index (χ1n) is 6.40. The van der Waals surface area contributed by atoms with E-state index in [4.69, 9.17) is 5.11 Å². The Morgan fingerprint density at radius 2 is 2.00 bits per heavy atom. The Hall–Kier alpha value is -0.960. The van der Waals surface area contributed by atoms with Gasteiger partial charge in [-0.1, -0.05) is 6.07 Å². The molecule has 98 valence electrons. The molecule has 0 bridgehead atoms. The van der Waals surface area contributed by atoms with E-state index in [9.17, 15) is 4.79 Å². The largest absolute Gasteiger partial charge is 0.481 e. The van der Waals surface area contributed by atoms with Gasteiger partial charge in [-0.15, -0.1) is 11.8 Å². The molecule has 2 rings (SSSR count). The molecule has 3 heteroatoms. The van der Waals surface area contributed by atoms with Crippen LogP contribution in [0.5, 0.6) is 0 Å². The van der Waals surface area contributed by atoms with Gasteiger partial charge in [0.1, 0.15) is 0 Å². The van der Waals surface area contributed by atoms with E-state index in [1.54, 1.807) is 11.8 Å². The number of hydrogen-bond acceptors (Lipinski definition) is 2. The highest BCUT2D eigenvalue weighted by atomic mass is 32.2. The van der Waals surface area contributed by atoms with Crippen molar-refractivity contribution in [3.63, 3.8) is 0 Å². The van der Waals surface area contributed by atoms with E-state index in [2.05, 4.69) is 32.2 Å². The third kappa shape index (κ3) is 2.89. The average Bonchev–Trinajstić information content (AvgIpc) is 3.13. The molecule has 0 spiro atoms. The van der Waals surface area contributed by atoms with Gasteiger partial charge in [-0.05, 0) is 67.5 Å². The molecule has 1 aromatic rings. The lowest BCUT2D eigenvalue weighted by atomic mass is 9.89. The van der Waals surface area contributed by atoms with Crippen LogP contribution in [0.2, 0.25) is 0 Å². The summed E-state index contributed by atoms with van der Waals surface area (Å²) in [6.45, 7) is 4.22. The molecule has 0 heterocycles. The van der Waals surface area contributed by atoms with Crippen molar-refractivity contribution >= 4 is 17.7 Å². The van der Waals surface area contributed by atoms with Crippen LogP contribution in [0.3, 0.4) is 0 Å². The Bertz CT molecular complexity index is 464. The number of hydrogen-bond donors (Lipinski definition) is 1. The molecule has 1 saturated carbocycles. The molecule has 1 fully saturated rings. The third-order valence-corrected chi connectivity index (χ3v) is 4.62. The first-order valence-corrected chi connectivity index (χ1v) is 7.62. The number of benzene rings is 1. The Morgan fingerprint density at radius 3 is 2.50 bits per heavy atom. The fourth-order valence-electron chi connectivity index (χ4n) is 2.50. The first-order chi connectivity index (χ1) is 8.52. The number of carbonyl (C=O) groups is 1. The first kappa shape index (κ1) is 13.5. The van der Waals surface area contributed by atoms with Gasteiger partial charge in [0.05, 0.1) is 6.42 Å². The Balaban J connectivity index is 2.39. The van der Waals surface area contributed by atoms with Gasteiger partial charge in [-0.2, -0.15) is 0 Å². The van der Waals surface area contributed by atoms with E-state index >= 15 is 0 Å². The molecule has 1 unspecified atom stereocenters. The van der Waals surface area contributed by atoms with Gasteiger partial charge < -0.3 is 5.11 Å². The summed E-state index contributed by atoms with van der Waals surface area (Å²) in [7, 11) is 0. The van der Waals surface area contributed by atoms with Gasteiger partial charge in [-0.25, -0.2) is 0 Å². The van der Waals surface area contributed by atoms with Crippen LogP contribution in [0.15, 0.2) is 17.0 Å². The van der Waals surface area contributed by atoms with Crippen LogP contribution in [0.1, 0.15) is 41.9 Å². The topological polar surface area (TPSA) is 37.3 Å². The van der Waals surface area contributed by atoms with E-state index in [1.165, 1.54) is 34.4 Å². The van der Waals surface area contributed by atoms with Gasteiger partial charge >= 0.3 is 5.97 Å². The Morgan fingerprint density at radius 1 is 1.39 bits per heavy atom. The van der Waals surface area contributed by atoms with E-state index in [1.807, 2.05) is 0 Å². The van der Waals surface area contributed by atoms with Crippen molar-refractivity contribution in [1.29, 1.82) is 0 Å². The molecule has 1 N–H and O–H groups in total. The predicted octanol–water partition coefficient (Wildman–Crippen LogP) is 3.99. The van der Waals surface area contributed by atoms with E-state index in [0.717, 1.165) is 0 Å². The van der Waals surface area contributed by atoms with E-state index in [0.29, 0.717) is 5.92 Å². The van der Waals surface area contributed by atoms with Gasteiger partial charge in [0.15, 0.2) is 0 Å². The van der Waals surface area contributed by atoms with E-state index < -0.39 is 5.97 Å². The molecule has 0 aromatic heterocycles. The fraction of sp³-hybridized carbons (Fsp3) is 0.533. The van der Waals surface area contributed by atoms with Crippen molar-refractivity contribution in [2.45, 2.75) is 43.9 Å². The van der Waals surface area contributed by atoms with Gasteiger partial charge in [0.25, 0.3) is 0 Å². The normalized spacial score (nSPS) is 16.6. The minimum absolute atomic E-state index is 0.198. The second kappa shape index (κ2) is 5.35. The zero-order chi connectivity index (χ0) is 13.3. The molecule has 1 aromatic carbocycles. The molecule has 18 heavy (non-hydrogen) atoms. The highest BCUT2D eigenvalue weighted by Gasteiger charge is 2.35. The lowest BCUT2D eigenvalue weighted by Crippen LogP contribution is -2.10. The summed E-state index contributed by atoms with van der Waals surface area (Å²) in [4.78, 5) is 12.3. The SMILES string of the molecule is CSc1cc(C)c(C)cc1C(CC(=O)O)C1CC1. The quantitative estimate of drug-likeness (QED) is 0.817. The highest BCUT2D eigenvalue weighted by Crippen LogP contribution is 2.47. The third-order valence-electron chi connectivity index (χ3n) is 3.83. The van der Waals surface area contributed by atoms with Crippen molar-refractivity contribution in [3.8, 4) is 0 Å². The predicted molar refractivity (Wildman–Crippen MR) is 75.4 cm³/mol. The van der Waals surface area contributed by atoms with Crippen molar-refractivity contribution in [2.24, 2.45) is 5.92 Å². The summed E-state index contributed by atoms with van der Waals surface area (Å²) < 4.78 is 0. The summed E-state index contributed by atoms with van der Waals surface area (Å²) >= 11 is 1.73. The number of thioether (sulfide) groups is 1. The molecule has 2 nitrogen and oxygen atoms in total. The average molecular weight is 264 g/mol.